The normalized spacial score (nSPS) is 13.2. The summed E-state index contributed by atoms with van der Waals surface area (Å²) in [6.07, 6.45) is 4.43. The quantitative estimate of drug-likeness (QED) is 0.612. The maximum Gasteiger partial charge on any atom is 0.409 e. The van der Waals surface area contributed by atoms with Crippen LogP contribution in [0.2, 0.25) is 0 Å². The molecule has 1 aliphatic rings. The van der Waals surface area contributed by atoms with Gasteiger partial charge in [0.15, 0.2) is 0 Å². The van der Waals surface area contributed by atoms with Gasteiger partial charge in [0.1, 0.15) is 5.75 Å². The molecule has 1 heterocycles. The van der Waals surface area contributed by atoms with Gasteiger partial charge in [-0.25, -0.2) is 24.0 Å². The molecule has 0 amide bonds. The summed E-state index contributed by atoms with van der Waals surface area (Å²) in [6.45, 7) is 3.26. The molecule has 0 bridgehead atoms. The Balaban J connectivity index is 1.75. The third-order valence-electron chi connectivity index (χ3n) is 4.19. The van der Waals surface area contributed by atoms with Crippen molar-refractivity contribution < 1.29 is 24.1 Å². The summed E-state index contributed by atoms with van der Waals surface area (Å²) in [5.41, 5.74) is 2.52. The molecule has 1 aliphatic carbocycles. The zero-order valence-electron chi connectivity index (χ0n) is 15.0. The van der Waals surface area contributed by atoms with Crippen LogP contribution in [0, 0.1) is 5.92 Å². The summed E-state index contributed by atoms with van der Waals surface area (Å²) >= 11 is 0. The summed E-state index contributed by atoms with van der Waals surface area (Å²) in [6, 6.07) is 5.83. The van der Waals surface area contributed by atoms with Crippen molar-refractivity contribution in [1.29, 1.82) is 0 Å². The molecule has 2 aromatic rings. The SMILES string of the molecule is CC(C)C(=O)OOC(=O)c1c(Oc2ccc3c(c2)CCCC3)nnn1C. The number of rotatable bonds is 4. The van der Waals surface area contributed by atoms with Gasteiger partial charge in [0, 0.05) is 7.05 Å². The van der Waals surface area contributed by atoms with Crippen LogP contribution in [0.5, 0.6) is 11.6 Å². The van der Waals surface area contributed by atoms with Crippen molar-refractivity contribution in [1.82, 2.24) is 15.0 Å². The van der Waals surface area contributed by atoms with E-state index in [1.54, 1.807) is 13.8 Å². The second-order valence-electron chi connectivity index (χ2n) is 6.53. The van der Waals surface area contributed by atoms with Crippen molar-refractivity contribution in [2.24, 2.45) is 13.0 Å². The van der Waals surface area contributed by atoms with Gasteiger partial charge >= 0.3 is 11.9 Å². The Morgan fingerprint density at radius 3 is 2.58 bits per heavy atom. The molecule has 26 heavy (non-hydrogen) atoms. The predicted octanol–water partition coefficient (Wildman–Crippen LogP) is 2.76. The zero-order valence-corrected chi connectivity index (χ0v) is 15.0. The molecule has 8 nitrogen and oxygen atoms in total. The molecule has 0 radical (unpaired) electrons. The summed E-state index contributed by atoms with van der Waals surface area (Å²) < 4.78 is 6.94. The van der Waals surface area contributed by atoms with Gasteiger partial charge in [0.05, 0.1) is 5.92 Å². The van der Waals surface area contributed by atoms with E-state index in [1.807, 2.05) is 18.2 Å². The molecular formula is C18H21N3O5. The number of hydrogen-bond acceptors (Lipinski definition) is 7. The third-order valence-corrected chi connectivity index (χ3v) is 4.19. The van der Waals surface area contributed by atoms with Crippen LogP contribution in [0.1, 0.15) is 48.3 Å². The highest BCUT2D eigenvalue weighted by atomic mass is 17.2. The topological polar surface area (TPSA) is 92.5 Å². The lowest BCUT2D eigenvalue weighted by Gasteiger charge is -2.16. The minimum atomic E-state index is -0.903. The Morgan fingerprint density at radius 2 is 1.85 bits per heavy atom. The fourth-order valence-corrected chi connectivity index (χ4v) is 2.73. The molecule has 1 aromatic carbocycles. The van der Waals surface area contributed by atoms with Crippen molar-refractivity contribution in [3.05, 3.63) is 35.0 Å². The van der Waals surface area contributed by atoms with Gasteiger partial charge in [-0.15, -0.1) is 0 Å². The fraction of sp³-hybridized carbons (Fsp3) is 0.444. The third kappa shape index (κ3) is 3.84. The van der Waals surface area contributed by atoms with Crippen LogP contribution < -0.4 is 4.74 Å². The van der Waals surface area contributed by atoms with E-state index < -0.39 is 17.9 Å². The van der Waals surface area contributed by atoms with Crippen LogP contribution in [-0.2, 0) is 34.5 Å². The number of ether oxygens (including phenoxy) is 1. The van der Waals surface area contributed by atoms with E-state index in [-0.39, 0.29) is 11.6 Å². The molecule has 0 atom stereocenters. The number of aryl methyl sites for hydroxylation is 3. The summed E-state index contributed by atoms with van der Waals surface area (Å²) in [4.78, 5) is 32.8. The zero-order chi connectivity index (χ0) is 18.7. The number of benzene rings is 1. The Labute approximate surface area is 151 Å². The number of nitrogens with zero attached hydrogens (tertiary/aromatic N) is 3. The van der Waals surface area contributed by atoms with Crippen molar-refractivity contribution in [3.8, 4) is 11.6 Å². The average Bonchev–Trinajstić information content (AvgIpc) is 2.99. The molecular weight excluding hydrogens is 338 g/mol. The monoisotopic (exact) mass is 359 g/mol. The molecule has 0 fully saturated rings. The number of fused-ring (bicyclic) bond motifs is 1. The summed E-state index contributed by atoms with van der Waals surface area (Å²) in [5, 5.41) is 7.64. The van der Waals surface area contributed by atoms with E-state index in [4.69, 9.17) is 4.74 Å². The molecule has 0 unspecified atom stereocenters. The molecule has 8 heteroatoms. The van der Waals surface area contributed by atoms with E-state index >= 15 is 0 Å². The summed E-state index contributed by atoms with van der Waals surface area (Å²) in [5.74, 6) is -1.41. The number of aromatic nitrogens is 3. The fourth-order valence-electron chi connectivity index (χ4n) is 2.73. The van der Waals surface area contributed by atoms with E-state index in [1.165, 1.54) is 29.3 Å². The van der Waals surface area contributed by atoms with E-state index in [0.717, 1.165) is 19.3 Å². The minimum Gasteiger partial charge on any atom is -0.436 e. The van der Waals surface area contributed by atoms with Crippen molar-refractivity contribution >= 4 is 11.9 Å². The molecule has 138 valence electrons. The maximum atomic E-state index is 12.2. The average molecular weight is 359 g/mol. The van der Waals surface area contributed by atoms with Gasteiger partial charge < -0.3 is 4.74 Å². The number of carbonyl (C=O) groups excluding carboxylic acids is 2. The van der Waals surface area contributed by atoms with Gasteiger partial charge in [0.25, 0.3) is 5.88 Å². The van der Waals surface area contributed by atoms with Gasteiger partial charge in [-0.2, -0.15) is 0 Å². The number of carbonyl (C=O) groups is 2. The molecule has 0 N–H and O–H groups in total. The molecule has 0 spiro atoms. The predicted molar refractivity (Wildman–Crippen MR) is 90.5 cm³/mol. The van der Waals surface area contributed by atoms with Crippen LogP contribution >= 0.6 is 0 Å². The first kappa shape index (κ1) is 17.9. The standard InChI is InChI=1S/C18H21N3O5/c1-11(2)17(22)25-26-18(23)15-16(19-20-21(15)3)24-14-9-8-12-6-4-5-7-13(12)10-14/h8-11H,4-7H2,1-3H3. The Morgan fingerprint density at radius 1 is 1.12 bits per heavy atom. The molecule has 0 saturated heterocycles. The Hall–Kier alpha value is -2.90. The van der Waals surface area contributed by atoms with Crippen molar-refractivity contribution in [2.75, 3.05) is 0 Å². The van der Waals surface area contributed by atoms with Gasteiger partial charge in [-0.05, 0) is 48.9 Å². The first-order valence-corrected chi connectivity index (χ1v) is 8.57. The second-order valence-corrected chi connectivity index (χ2v) is 6.53. The van der Waals surface area contributed by atoms with Crippen LogP contribution in [-0.4, -0.2) is 26.9 Å². The molecule has 0 saturated carbocycles. The molecule has 1 aromatic heterocycles. The van der Waals surface area contributed by atoms with Crippen molar-refractivity contribution in [2.45, 2.75) is 39.5 Å². The van der Waals surface area contributed by atoms with Crippen molar-refractivity contribution in [3.63, 3.8) is 0 Å². The Bertz CT molecular complexity index is 828. The van der Waals surface area contributed by atoms with Crippen LogP contribution in [0.4, 0.5) is 0 Å². The van der Waals surface area contributed by atoms with E-state index in [0.29, 0.717) is 5.75 Å². The highest BCUT2D eigenvalue weighted by Gasteiger charge is 2.25. The largest absolute Gasteiger partial charge is 0.436 e. The van der Waals surface area contributed by atoms with Gasteiger partial charge in [0.2, 0.25) is 5.69 Å². The van der Waals surface area contributed by atoms with E-state index in [9.17, 15) is 9.59 Å². The highest BCUT2D eigenvalue weighted by molar-refractivity contribution is 5.90. The lowest BCUT2D eigenvalue weighted by atomic mass is 9.92. The second kappa shape index (κ2) is 7.55. The molecule has 3 rings (SSSR count). The first-order chi connectivity index (χ1) is 12.5. The Kier molecular flexibility index (Phi) is 5.20. The minimum absolute atomic E-state index is 0.00569. The lowest BCUT2D eigenvalue weighted by molar-refractivity contribution is -0.237. The smallest absolute Gasteiger partial charge is 0.409 e. The van der Waals surface area contributed by atoms with E-state index in [2.05, 4.69) is 20.1 Å². The number of hydrogen-bond donors (Lipinski definition) is 0. The molecule has 0 aliphatic heterocycles. The summed E-state index contributed by atoms with van der Waals surface area (Å²) in [7, 11) is 1.52. The van der Waals surface area contributed by atoms with Gasteiger partial charge in [-0.3, -0.25) is 0 Å². The van der Waals surface area contributed by atoms with Crippen LogP contribution in [0.15, 0.2) is 18.2 Å². The maximum absolute atomic E-state index is 12.2. The lowest BCUT2D eigenvalue weighted by Crippen LogP contribution is -2.18. The first-order valence-electron chi connectivity index (χ1n) is 8.57. The van der Waals surface area contributed by atoms with Crippen LogP contribution in [0.3, 0.4) is 0 Å². The van der Waals surface area contributed by atoms with Gasteiger partial charge in [-0.1, -0.05) is 30.2 Å². The van der Waals surface area contributed by atoms with Crippen LogP contribution in [0.25, 0.3) is 0 Å². The highest BCUT2D eigenvalue weighted by Crippen LogP contribution is 2.29.